The van der Waals surface area contributed by atoms with Crippen LogP contribution in [0.1, 0.15) is 6.42 Å². The fourth-order valence-electron chi connectivity index (χ4n) is 1.59. The number of rotatable bonds is 8. The fraction of sp³-hybridized carbons (Fsp3) is 0.462. The topological polar surface area (TPSA) is 67.8 Å². The zero-order valence-electron chi connectivity index (χ0n) is 11.3. The Morgan fingerprint density at radius 1 is 1.32 bits per heavy atom. The van der Waals surface area contributed by atoms with E-state index >= 15 is 0 Å². The second-order valence-electron chi connectivity index (χ2n) is 3.92. The molecule has 0 aliphatic rings. The summed E-state index contributed by atoms with van der Waals surface area (Å²) in [6.45, 7) is 0. The molecule has 0 heterocycles. The van der Waals surface area contributed by atoms with Crippen molar-refractivity contribution >= 4 is 23.4 Å². The third kappa shape index (κ3) is 4.90. The Kier molecular flexibility index (Phi) is 6.35. The van der Waals surface area contributed by atoms with E-state index in [0.29, 0.717) is 23.6 Å². The van der Waals surface area contributed by atoms with E-state index in [1.54, 1.807) is 44.2 Å². The van der Waals surface area contributed by atoms with Gasteiger partial charge in [-0.3, -0.25) is 0 Å². The molecule has 1 aromatic rings. The van der Waals surface area contributed by atoms with E-state index in [2.05, 4.69) is 5.32 Å². The minimum absolute atomic E-state index is 0.552. The zero-order valence-corrected chi connectivity index (χ0v) is 12.1. The van der Waals surface area contributed by atoms with Gasteiger partial charge in [-0.05, 0) is 18.4 Å². The summed E-state index contributed by atoms with van der Waals surface area (Å²) in [6, 6.07) is 4.61. The summed E-state index contributed by atoms with van der Waals surface area (Å²) in [5.74, 6) is 1.16. The number of nitrogens with one attached hydrogen (secondary N) is 1. The maximum absolute atomic E-state index is 11.2. The highest BCUT2D eigenvalue weighted by molar-refractivity contribution is 7.98. The molecule has 5 nitrogen and oxygen atoms in total. The second-order valence-corrected chi connectivity index (χ2v) is 4.90. The monoisotopic (exact) mass is 285 g/mol. The average molecular weight is 285 g/mol. The maximum atomic E-state index is 11.2. The largest absolute Gasteiger partial charge is 0.497 e. The molecule has 0 bridgehead atoms. The van der Waals surface area contributed by atoms with Crippen molar-refractivity contribution in [3.63, 3.8) is 0 Å². The van der Waals surface area contributed by atoms with Gasteiger partial charge in [0.25, 0.3) is 0 Å². The van der Waals surface area contributed by atoms with E-state index in [4.69, 9.17) is 9.47 Å². The molecule has 0 unspecified atom stereocenters. The minimum atomic E-state index is -0.865. The molecule has 0 aromatic heterocycles. The van der Waals surface area contributed by atoms with Crippen molar-refractivity contribution in [2.24, 2.45) is 0 Å². The van der Waals surface area contributed by atoms with Gasteiger partial charge >= 0.3 is 5.97 Å². The second kappa shape index (κ2) is 7.78. The predicted molar refractivity (Wildman–Crippen MR) is 77.6 cm³/mol. The Bertz CT molecular complexity index is 403. The van der Waals surface area contributed by atoms with Gasteiger partial charge in [-0.15, -0.1) is 0 Å². The van der Waals surface area contributed by atoms with E-state index in [1.165, 1.54) is 0 Å². The Morgan fingerprint density at radius 3 is 2.32 bits per heavy atom. The minimum Gasteiger partial charge on any atom is -0.497 e. The maximum Gasteiger partial charge on any atom is 0.326 e. The number of carboxylic acid groups (broad SMARTS) is 1. The van der Waals surface area contributed by atoms with Crippen molar-refractivity contribution in [2.75, 3.05) is 31.5 Å². The van der Waals surface area contributed by atoms with E-state index < -0.39 is 12.0 Å². The van der Waals surface area contributed by atoms with Crippen LogP contribution < -0.4 is 14.8 Å². The van der Waals surface area contributed by atoms with Crippen LogP contribution in [0.25, 0.3) is 0 Å². The number of benzene rings is 1. The molecule has 0 aliphatic heterocycles. The zero-order chi connectivity index (χ0) is 14.3. The summed E-state index contributed by atoms with van der Waals surface area (Å²) in [6.07, 6.45) is 2.50. The molecule has 1 atom stereocenters. The predicted octanol–water partition coefficient (Wildman–Crippen LogP) is 2.32. The van der Waals surface area contributed by atoms with Crippen molar-refractivity contribution in [3.05, 3.63) is 18.2 Å². The van der Waals surface area contributed by atoms with Gasteiger partial charge in [0.05, 0.1) is 14.2 Å². The van der Waals surface area contributed by atoms with Crippen LogP contribution in [0.4, 0.5) is 5.69 Å². The molecule has 106 valence electrons. The third-order valence-electron chi connectivity index (χ3n) is 2.60. The van der Waals surface area contributed by atoms with Crippen molar-refractivity contribution in [2.45, 2.75) is 12.5 Å². The van der Waals surface area contributed by atoms with Crippen LogP contribution in [0.15, 0.2) is 18.2 Å². The third-order valence-corrected chi connectivity index (χ3v) is 3.25. The smallest absolute Gasteiger partial charge is 0.326 e. The Hall–Kier alpha value is -1.56. The molecule has 0 saturated heterocycles. The van der Waals surface area contributed by atoms with Crippen molar-refractivity contribution in [1.82, 2.24) is 0 Å². The lowest BCUT2D eigenvalue weighted by atomic mass is 10.2. The number of carboxylic acids is 1. The van der Waals surface area contributed by atoms with Crippen LogP contribution in [-0.4, -0.2) is 43.3 Å². The van der Waals surface area contributed by atoms with Gasteiger partial charge in [-0.1, -0.05) is 0 Å². The van der Waals surface area contributed by atoms with Gasteiger partial charge in [-0.2, -0.15) is 11.8 Å². The van der Waals surface area contributed by atoms with E-state index in [0.717, 1.165) is 5.75 Å². The molecule has 2 N–H and O–H groups in total. The molecule has 0 radical (unpaired) electrons. The molecule has 0 amide bonds. The molecule has 19 heavy (non-hydrogen) atoms. The van der Waals surface area contributed by atoms with Crippen molar-refractivity contribution < 1.29 is 19.4 Å². The van der Waals surface area contributed by atoms with Crippen molar-refractivity contribution in [1.29, 1.82) is 0 Å². The van der Waals surface area contributed by atoms with E-state index in [-0.39, 0.29) is 0 Å². The summed E-state index contributed by atoms with van der Waals surface area (Å²) < 4.78 is 10.3. The van der Waals surface area contributed by atoms with Crippen LogP contribution >= 0.6 is 11.8 Å². The quantitative estimate of drug-likeness (QED) is 0.764. The Labute approximate surface area is 117 Å². The lowest BCUT2D eigenvalue weighted by Gasteiger charge is -2.16. The van der Waals surface area contributed by atoms with E-state index in [9.17, 15) is 9.90 Å². The molecule has 1 aromatic carbocycles. The summed E-state index contributed by atoms with van der Waals surface area (Å²) in [5.41, 5.74) is 0.671. The number of hydrogen-bond acceptors (Lipinski definition) is 5. The Morgan fingerprint density at radius 2 is 1.89 bits per heavy atom. The highest BCUT2D eigenvalue weighted by Crippen LogP contribution is 2.26. The summed E-state index contributed by atoms with van der Waals surface area (Å²) >= 11 is 1.62. The summed E-state index contributed by atoms with van der Waals surface area (Å²) in [5, 5.41) is 12.2. The lowest BCUT2D eigenvalue weighted by Crippen LogP contribution is -2.29. The SMILES string of the molecule is COc1cc(N[C@@H](CCSC)C(=O)O)cc(OC)c1. The molecule has 0 aliphatic carbocycles. The van der Waals surface area contributed by atoms with Gasteiger partial charge in [0, 0.05) is 23.9 Å². The molecular weight excluding hydrogens is 266 g/mol. The average Bonchev–Trinajstić information content (AvgIpc) is 2.42. The number of hydrogen-bond donors (Lipinski definition) is 2. The first-order valence-corrected chi connectivity index (χ1v) is 7.21. The fourth-order valence-corrected chi connectivity index (χ4v) is 2.06. The van der Waals surface area contributed by atoms with Gasteiger partial charge in [-0.25, -0.2) is 4.79 Å². The highest BCUT2D eigenvalue weighted by Gasteiger charge is 2.17. The molecule has 0 fully saturated rings. The van der Waals surface area contributed by atoms with E-state index in [1.807, 2.05) is 6.26 Å². The number of ether oxygens (including phenoxy) is 2. The van der Waals surface area contributed by atoms with Crippen LogP contribution in [-0.2, 0) is 4.79 Å². The van der Waals surface area contributed by atoms with Gasteiger partial charge < -0.3 is 19.9 Å². The first-order chi connectivity index (χ1) is 9.10. The molecule has 0 spiro atoms. The van der Waals surface area contributed by atoms with Crippen LogP contribution in [0.2, 0.25) is 0 Å². The number of thioether (sulfide) groups is 1. The molecule has 1 rings (SSSR count). The summed E-state index contributed by atoms with van der Waals surface area (Å²) in [4.78, 5) is 11.2. The molecule has 6 heteroatoms. The highest BCUT2D eigenvalue weighted by atomic mass is 32.2. The number of anilines is 1. The Balaban J connectivity index is 2.85. The normalized spacial score (nSPS) is 11.7. The lowest BCUT2D eigenvalue weighted by molar-refractivity contribution is -0.137. The molecular formula is C13H19NO4S. The van der Waals surface area contributed by atoms with Gasteiger partial charge in [0.2, 0.25) is 0 Å². The molecule has 0 saturated carbocycles. The van der Waals surface area contributed by atoms with Crippen LogP contribution in [0.3, 0.4) is 0 Å². The van der Waals surface area contributed by atoms with Crippen LogP contribution in [0, 0.1) is 0 Å². The number of aliphatic carboxylic acids is 1. The number of carbonyl (C=O) groups is 1. The first kappa shape index (κ1) is 15.5. The van der Waals surface area contributed by atoms with Crippen LogP contribution in [0.5, 0.6) is 11.5 Å². The first-order valence-electron chi connectivity index (χ1n) is 5.82. The van der Waals surface area contributed by atoms with Gasteiger partial charge in [0.15, 0.2) is 0 Å². The van der Waals surface area contributed by atoms with Crippen molar-refractivity contribution in [3.8, 4) is 11.5 Å². The summed E-state index contributed by atoms with van der Waals surface area (Å²) in [7, 11) is 3.11. The van der Waals surface area contributed by atoms with Gasteiger partial charge in [0.1, 0.15) is 17.5 Å². The number of methoxy groups -OCH3 is 2. The standard InChI is InChI=1S/C13H19NO4S/c1-17-10-6-9(7-11(8-10)18-2)14-12(13(15)16)4-5-19-3/h6-8,12,14H,4-5H2,1-3H3,(H,15,16)/t12-/m0/s1.